The van der Waals surface area contributed by atoms with Crippen molar-refractivity contribution in [2.45, 2.75) is 51.6 Å². The second-order valence-electron chi connectivity index (χ2n) is 7.62. The van der Waals surface area contributed by atoms with Crippen molar-refractivity contribution in [3.05, 3.63) is 11.8 Å². The summed E-state index contributed by atoms with van der Waals surface area (Å²) in [4.78, 5) is 38.4. The van der Waals surface area contributed by atoms with E-state index in [1.165, 1.54) is 4.90 Å². The van der Waals surface area contributed by atoms with Crippen LogP contribution in [0.25, 0.3) is 0 Å². The van der Waals surface area contributed by atoms with Crippen LogP contribution in [0, 0.1) is 0 Å². The molecule has 0 saturated carbocycles. The summed E-state index contributed by atoms with van der Waals surface area (Å²) >= 11 is 0. The molecule has 0 unspecified atom stereocenters. The SMILES string of the molecule is CC(C)(C)OC(=O)N1CCC(c2cc(N3CC(=O)CC3=O)n[nH]2)CC1. The molecule has 2 fully saturated rings. The van der Waals surface area contributed by atoms with Crippen LogP contribution in [-0.4, -0.2) is 58.1 Å². The Hall–Kier alpha value is -2.38. The van der Waals surface area contributed by atoms with Crippen molar-refractivity contribution < 1.29 is 19.1 Å². The molecule has 1 aromatic heterocycles. The maximum absolute atomic E-state index is 12.1. The Morgan fingerprint density at radius 1 is 1.28 bits per heavy atom. The number of ketones is 1. The minimum atomic E-state index is -0.494. The molecule has 136 valence electrons. The van der Waals surface area contributed by atoms with Gasteiger partial charge in [-0.25, -0.2) is 4.79 Å². The fourth-order valence-corrected chi connectivity index (χ4v) is 3.17. The van der Waals surface area contributed by atoms with Crippen molar-refractivity contribution in [3.8, 4) is 0 Å². The Kier molecular flexibility index (Phi) is 4.53. The maximum Gasteiger partial charge on any atom is 0.410 e. The van der Waals surface area contributed by atoms with Gasteiger partial charge >= 0.3 is 6.09 Å². The van der Waals surface area contributed by atoms with Crippen LogP contribution in [0.5, 0.6) is 0 Å². The summed E-state index contributed by atoms with van der Waals surface area (Å²) in [5.74, 6) is 0.455. The van der Waals surface area contributed by atoms with E-state index >= 15 is 0 Å². The molecule has 8 heteroatoms. The van der Waals surface area contributed by atoms with Gasteiger partial charge in [0.2, 0.25) is 5.91 Å². The number of H-pyrrole nitrogens is 1. The van der Waals surface area contributed by atoms with E-state index in [-0.39, 0.29) is 36.7 Å². The van der Waals surface area contributed by atoms with Crippen molar-refractivity contribution in [2.24, 2.45) is 0 Å². The second-order valence-corrected chi connectivity index (χ2v) is 7.62. The molecule has 0 radical (unpaired) electrons. The molecule has 1 N–H and O–H groups in total. The smallest absolute Gasteiger partial charge is 0.410 e. The number of piperidine rings is 1. The van der Waals surface area contributed by atoms with Crippen LogP contribution in [0.4, 0.5) is 10.6 Å². The maximum atomic E-state index is 12.1. The van der Waals surface area contributed by atoms with Gasteiger partial charge < -0.3 is 9.64 Å². The van der Waals surface area contributed by atoms with Gasteiger partial charge in [-0.05, 0) is 33.6 Å². The van der Waals surface area contributed by atoms with Crippen molar-refractivity contribution in [3.63, 3.8) is 0 Å². The first kappa shape index (κ1) is 17.4. The third kappa shape index (κ3) is 4.00. The highest BCUT2D eigenvalue weighted by Crippen LogP contribution is 2.30. The normalized spacial score (nSPS) is 19.6. The van der Waals surface area contributed by atoms with Crippen LogP contribution in [0.3, 0.4) is 0 Å². The molecule has 1 aromatic rings. The van der Waals surface area contributed by atoms with Crippen LogP contribution in [-0.2, 0) is 14.3 Å². The number of aromatic amines is 1. The van der Waals surface area contributed by atoms with Gasteiger partial charge in [-0.15, -0.1) is 0 Å². The van der Waals surface area contributed by atoms with E-state index in [0.717, 1.165) is 18.5 Å². The zero-order valence-corrected chi connectivity index (χ0v) is 14.9. The predicted octanol–water partition coefficient (Wildman–Crippen LogP) is 1.83. The highest BCUT2D eigenvalue weighted by atomic mass is 16.6. The molecular formula is C17H24N4O4. The highest BCUT2D eigenvalue weighted by Gasteiger charge is 2.32. The van der Waals surface area contributed by atoms with E-state index in [2.05, 4.69) is 10.2 Å². The molecule has 0 atom stereocenters. The van der Waals surface area contributed by atoms with Crippen molar-refractivity contribution >= 4 is 23.6 Å². The number of carbonyl (C=O) groups excluding carboxylic acids is 3. The number of amides is 2. The Morgan fingerprint density at radius 2 is 1.96 bits per heavy atom. The fraction of sp³-hybridized carbons (Fsp3) is 0.647. The van der Waals surface area contributed by atoms with E-state index < -0.39 is 5.60 Å². The Labute approximate surface area is 146 Å². The number of likely N-dealkylation sites (tertiary alicyclic amines) is 1. The Morgan fingerprint density at radius 3 is 2.52 bits per heavy atom. The van der Waals surface area contributed by atoms with Gasteiger partial charge in [-0.1, -0.05) is 0 Å². The van der Waals surface area contributed by atoms with E-state index in [4.69, 9.17) is 4.74 Å². The van der Waals surface area contributed by atoms with Crippen molar-refractivity contribution in [1.29, 1.82) is 0 Å². The molecule has 8 nitrogen and oxygen atoms in total. The highest BCUT2D eigenvalue weighted by molar-refractivity contribution is 6.14. The zero-order chi connectivity index (χ0) is 18.2. The molecule has 3 heterocycles. The number of carbonyl (C=O) groups is 3. The van der Waals surface area contributed by atoms with E-state index in [1.807, 2.05) is 26.8 Å². The molecule has 0 aromatic carbocycles. The molecule has 0 aliphatic carbocycles. The topological polar surface area (TPSA) is 95.6 Å². The summed E-state index contributed by atoms with van der Waals surface area (Å²) in [6, 6.07) is 1.84. The number of rotatable bonds is 2. The summed E-state index contributed by atoms with van der Waals surface area (Å²) in [5.41, 5.74) is 0.442. The van der Waals surface area contributed by atoms with Crippen LogP contribution in [0.2, 0.25) is 0 Å². The quantitative estimate of drug-likeness (QED) is 0.823. The number of Topliss-reactive ketones (excluding diaryl/α,β-unsaturated/α-hetero) is 1. The monoisotopic (exact) mass is 348 g/mol. The van der Waals surface area contributed by atoms with E-state index in [0.29, 0.717) is 18.9 Å². The van der Waals surface area contributed by atoms with E-state index in [9.17, 15) is 14.4 Å². The van der Waals surface area contributed by atoms with Crippen molar-refractivity contribution in [2.75, 3.05) is 24.5 Å². The summed E-state index contributed by atoms with van der Waals surface area (Å²) in [5, 5.41) is 7.16. The minimum Gasteiger partial charge on any atom is -0.444 e. The average molecular weight is 348 g/mol. The van der Waals surface area contributed by atoms with Gasteiger partial charge in [0.15, 0.2) is 11.6 Å². The number of hydrogen-bond acceptors (Lipinski definition) is 5. The number of nitrogens with one attached hydrogen (secondary N) is 1. The molecule has 0 bridgehead atoms. The third-order valence-corrected chi connectivity index (χ3v) is 4.43. The number of nitrogens with zero attached hydrogens (tertiary/aromatic N) is 3. The lowest BCUT2D eigenvalue weighted by molar-refractivity contribution is -0.121. The van der Waals surface area contributed by atoms with Gasteiger partial charge in [0.25, 0.3) is 0 Å². The first-order valence-corrected chi connectivity index (χ1v) is 8.58. The van der Waals surface area contributed by atoms with Crippen LogP contribution >= 0.6 is 0 Å². The average Bonchev–Trinajstić information content (AvgIpc) is 3.12. The molecule has 2 saturated heterocycles. The Balaban J connectivity index is 1.58. The number of anilines is 1. The second kappa shape index (κ2) is 6.50. The van der Waals surface area contributed by atoms with Crippen LogP contribution < -0.4 is 4.90 Å². The van der Waals surface area contributed by atoms with Crippen LogP contribution in [0.15, 0.2) is 6.07 Å². The number of aromatic nitrogens is 2. The molecule has 25 heavy (non-hydrogen) atoms. The Bertz CT molecular complexity index is 683. The molecule has 3 rings (SSSR count). The van der Waals surface area contributed by atoms with Gasteiger partial charge in [-0.3, -0.25) is 19.6 Å². The molecule has 0 spiro atoms. The molecular weight excluding hydrogens is 324 g/mol. The summed E-state index contributed by atoms with van der Waals surface area (Å²) < 4.78 is 5.40. The minimum absolute atomic E-state index is 0.0452. The lowest BCUT2D eigenvalue weighted by Gasteiger charge is -2.33. The summed E-state index contributed by atoms with van der Waals surface area (Å²) in [6.07, 6.45) is 1.27. The van der Waals surface area contributed by atoms with Gasteiger partial charge in [0.1, 0.15) is 5.60 Å². The first-order valence-electron chi connectivity index (χ1n) is 8.58. The van der Waals surface area contributed by atoms with Crippen molar-refractivity contribution in [1.82, 2.24) is 15.1 Å². The standard InChI is InChI=1S/C17H24N4O4/c1-17(2,3)25-16(24)20-6-4-11(5-7-20)13-9-14(19-18-13)21-10-12(22)8-15(21)23/h9,11H,4-8,10H2,1-3H3,(H,18,19). The predicted molar refractivity (Wildman–Crippen MR) is 90.3 cm³/mol. The molecule has 2 aliphatic heterocycles. The molecule has 2 amide bonds. The number of hydrogen-bond donors (Lipinski definition) is 1. The van der Waals surface area contributed by atoms with Gasteiger partial charge in [-0.2, -0.15) is 5.10 Å². The van der Waals surface area contributed by atoms with E-state index in [1.54, 1.807) is 4.90 Å². The van der Waals surface area contributed by atoms with Crippen LogP contribution in [0.1, 0.15) is 51.6 Å². The lowest BCUT2D eigenvalue weighted by Crippen LogP contribution is -2.41. The lowest BCUT2D eigenvalue weighted by atomic mass is 9.94. The zero-order valence-electron chi connectivity index (χ0n) is 14.9. The first-order chi connectivity index (χ1) is 11.7. The van der Waals surface area contributed by atoms with Gasteiger partial charge in [0, 0.05) is 30.8 Å². The fourth-order valence-electron chi connectivity index (χ4n) is 3.17. The third-order valence-electron chi connectivity index (χ3n) is 4.43. The largest absolute Gasteiger partial charge is 0.444 e. The van der Waals surface area contributed by atoms with Gasteiger partial charge in [0.05, 0.1) is 13.0 Å². The summed E-state index contributed by atoms with van der Waals surface area (Å²) in [6.45, 7) is 6.90. The molecule has 2 aliphatic rings. The summed E-state index contributed by atoms with van der Waals surface area (Å²) in [7, 11) is 0. The number of ether oxygens (including phenoxy) is 1.